The summed E-state index contributed by atoms with van der Waals surface area (Å²) in [5, 5.41) is 17.3. The third kappa shape index (κ3) is 6.48. The van der Waals surface area contributed by atoms with Crippen LogP contribution in [0.25, 0.3) is 10.9 Å². The predicted octanol–water partition coefficient (Wildman–Crippen LogP) is 5.09. The lowest BCUT2D eigenvalue weighted by Gasteiger charge is -2.19. The van der Waals surface area contributed by atoms with Gasteiger partial charge >= 0.3 is 11.8 Å². The van der Waals surface area contributed by atoms with Crippen LogP contribution >= 0.6 is 15.9 Å². The molecule has 0 atom stereocenters. The first-order valence-electron chi connectivity index (χ1n) is 9.78. The monoisotopic (exact) mass is 521 g/mol. The second-order valence-corrected chi connectivity index (χ2v) is 8.76. The van der Waals surface area contributed by atoms with Gasteiger partial charge in [-0.15, -0.1) is 0 Å². The molecule has 1 heterocycles. The van der Waals surface area contributed by atoms with E-state index in [1.54, 1.807) is 26.8 Å². The minimum Gasteiger partial charge on any atom is -0.485 e. The van der Waals surface area contributed by atoms with Gasteiger partial charge in [-0.1, -0.05) is 15.9 Å². The third-order valence-electron chi connectivity index (χ3n) is 4.12. The predicted molar refractivity (Wildman–Crippen MR) is 123 cm³/mol. The standard InChI is InChI=1S/C21H21BrFN5O5/c1-21(2,3)33-20(29)24-6-7-32-18-10-16-13(9-17(18)28(30)31)19(26-11-25-16)27-15-5-4-12(22)8-14(15)23/h4-5,8-11H,6-7H2,1-3H3,(H,24,29)(H,25,26,27). The number of hydrogen-bond donors (Lipinski definition) is 2. The number of alkyl carbamates (subject to hydrolysis) is 1. The number of fused-ring (bicyclic) bond motifs is 1. The second-order valence-electron chi connectivity index (χ2n) is 7.84. The minimum absolute atomic E-state index is 0.0297. The molecule has 10 nitrogen and oxygen atoms in total. The van der Waals surface area contributed by atoms with Crippen molar-refractivity contribution in [1.82, 2.24) is 15.3 Å². The SMILES string of the molecule is CC(C)(C)OC(=O)NCCOc1cc2ncnc(Nc3ccc(Br)cc3F)c2cc1[N+](=O)[O-]. The van der Waals surface area contributed by atoms with Gasteiger partial charge in [-0.05, 0) is 39.0 Å². The van der Waals surface area contributed by atoms with Crippen LogP contribution in [0.3, 0.4) is 0 Å². The van der Waals surface area contributed by atoms with Gasteiger partial charge in [0.1, 0.15) is 30.2 Å². The topological polar surface area (TPSA) is 129 Å². The number of carbonyl (C=O) groups excluding carboxylic acids is 1. The zero-order chi connectivity index (χ0) is 24.2. The number of nitrogens with one attached hydrogen (secondary N) is 2. The summed E-state index contributed by atoms with van der Waals surface area (Å²) in [6.07, 6.45) is 0.629. The van der Waals surface area contributed by atoms with Crippen LogP contribution < -0.4 is 15.4 Å². The molecule has 0 bridgehead atoms. The van der Waals surface area contributed by atoms with Crippen molar-refractivity contribution in [2.24, 2.45) is 0 Å². The van der Waals surface area contributed by atoms with Crippen LogP contribution in [0.2, 0.25) is 0 Å². The molecule has 2 N–H and O–H groups in total. The van der Waals surface area contributed by atoms with E-state index in [0.717, 1.165) is 0 Å². The van der Waals surface area contributed by atoms with Crippen LogP contribution in [-0.4, -0.2) is 39.7 Å². The van der Waals surface area contributed by atoms with Gasteiger partial charge in [0, 0.05) is 16.6 Å². The number of amides is 1. The van der Waals surface area contributed by atoms with Crippen molar-refractivity contribution in [3.05, 3.63) is 57.1 Å². The Morgan fingerprint density at radius 1 is 1.24 bits per heavy atom. The van der Waals surface area contributed by atoms with Crippen molar-refractivity contribution in [3.8, 4) is 5.75 Å². The maximum Gasteiger partial charge on any atom is 0.407 e. The van der Waals surface area contributed by atoms with Crippen molar-refractivity contribution in [2.75, 3.05) is 18.5 Å². The van der Waals surface area contributed by atoms with Crippen molar-refractivity contribution in [3.63, 3.8) is 0 Å². The second kappa shape index (κ2) is 9.94. The normalized spacial score (nSPS) is 11.2. The Balaban J connectivity index is 1.80. The maximum atomic E-state index is 14.2. The zero-order valence-electron chi connectivity index (χ0n) is 18.0. The van der Waals surface area contributed by atoms with Crippen LogP contribution in [0.4, 0.5) is 26.4 Å². The smallest absolute Gasteiger partial charge is 0.407 e. The summed E-state index contributed by atoms with van der Waals surface area (Å²) in [6, 6.07) is 7.09. The van der Waals surface area contributed by atoms with E-state index in [-0.39, 0.29) is 36.1 Å². The Hall–Kier alpha value is -3.54. The fourth-order valence-corrected chi connectivity index (χ4v) is 3.11. The summed E-state index contributed by atoms with van der Waals surface area (Å²) < 4.78 is 25.4. The molecule has 2 aromatic carbocycles. The molecule has 0 spiro atoms. The molecule has 1 amide bonds. The van der Waals surface area contributed by atoms with Crippen LogP contribution in [0, 0.1) is 15.9 Å². The lowest BCUT2D eigenvalue weighted by atomic mass is 10.2. The van der Waals surface area contributed by atoms with Crippen LogP contribution in [0.5, 0.6) is 5.75 Å². The number of carbonyl (C=O) groups is 1. The summed E-state index contributed by atoms with van der Waals surface area (Å²) in [5.41, 5.74) is -0.471. The van der Waals surface area contributed by atoms with Gasteiger partial charge in [0.2, 0.25) is 0 Å². The average molecular weight is 522 g/mol. The highest BCUT2D eigenvalue weighted by atomic mass is 79.9. The van der Waals surface area contributed by atoms with E-state index in [1.807, 2.05) is 0 Å². The van der Waals surface area contributed by atoms with Crippen LogP contribution in [-0.2, 0) is 4.74 Å². The Morgan fingerprint density at radius 2 is 2.00 bits per heavy atom. The molecular weight excluding hydrogens is 501 g/mol. The molecule has 174 valence electrons. The fraction of sp³-hybridized carbons (Fsp3) is 0.286. The van der Waals surface area contributed by atoms with E-state index < -0.39 is 22.4 Å². The summed E-state index contributed by atoms with van der Waals surface area (Å²) in [5.74, 6) is -0.358. The highest BCUT2D eigenvalue weighted by Crippen LogP contribution is 2.35. The first kappa shape index (κ1) is 24.1. The van der Waals surface area contributed by atoms with Crippen molar-refractivity contribution in [2.45, 2.75) is 26.4 Å². The van der Waals surface area contributed by atoms with E-state index in [4.69, 9.17) is 9.47 Å². The van der Waals surface area contributed by atoms with E-state index in [2.05, 4.69) is 36.5 Å². The van der Waals surface area contributed by atoms with E-state index in [0.29, 0.717) is 15.4 Å². The molecule has 1 aromatic heterocycles. The molecule has 3 rings (SSSR count). The highest BCUT2D eigenvalue weighted by molar-refractivity contribution is 9.10. The third-order valence-corrected chi connectivity index (χ3v) is 4.62. The molecule has 0 aliphatic carbocycles. The maximum absolute atomic E-state index is 14.2. The van der Waals surface area contributed by atoms with E-state index >= 15 is 0 Å². The first-order valence-corrected chi connectivity index (χ1v) is 10.6. The molecule has 0 radical (unpaired) electrons. The van der Waals surface area contributed by atoms with Crippen molar-refractivity contribution in [1.29, 1.82) is 0 Å². The summed E-state index contributed by atoms with van der Waals surface area (Å²) in [4.78, 5) is 31.0. The van der Waals surface area contributed by atoms with Crippen LogP contribution in [0.1, 0.15) is 20.8 Å². The van der Waals surface area contributed by atoms with E-state index in [1.165, 1.54) is 30.6 Å². The lowest BCUT2D eigenvalue weighted by molar-refractivity contribution is -0.385. The number of rotatable bonds is 7. The largest absolute Gasteiger partial charge is 0.485 e. The number of aromatic nitrogens is 2. The highest BCUT2D eigenvalue weighted by Gasteiger charge is 2.20. The van der Waals surface area contributed by atoms with Crippen LogP contribution in [0.15, 0.2) is 41.1 Å². The summed E-state index contributed by atoms with van der Waals surface area (Å²) in [6.45, 7) is 5.24. The molecule has 33 heavy (non-hydrogen) atoms. The summed E-state index contributed by atoms with van der Waals surface area (Å²) in [7, 11) is 0. The van der Waals surface area contributed by atoms with Gasteiger partial charge in [0.05, 0.1) is 28.1 Å². The Morgan fingerprint density at radius 3 is 2.67 bits per heavy atom. The number of nitrogens with zero attached hydrogens (tertiary/aromatic N) is 3. The molecule has 0 aliphatic rings. The average Bonchev–Trinajstić information content (AvgIpc) is 2.71. The quantitative estimate of drug-likeness (QED) is 0.250. The number of ether oxygens (including phenoxy) is 2. The molecule has 0 aliphatic heterocycles. The number of nitro benzene ring substituents is 1. The van der Waals surface area contributed by atoms with Gasteiger partial charge in [0.25, 0.3) is 0 Å². The van der Waals surface area contributed by atoms with Gasteiger partial charge in [-0.3, -0.25) is 10.1 Å². The molecule has 0 saturated carbocycles. The molecular formula is C21H21BrFN5O5. The fourth-order valence-electron chi connectivity index (χ4n) is 2.78. The molecule has 0 unspecified atom stereocenters. The van der Waals surface area contributed by atoms with E-state index in [9.17, 15) is 19.3 Å². The summed E-state index contributed by atoms with van der Waals surface area (Å²) >= 11 is 3.19. The van der Waals surface area contributed by atoms with Gasteiger partial charge in [0.15, 0.2) is 5.75 Å². The van der Waals surface area contributed by atoms with Gasteiger partial charge in [-0.25, -0.2) is 19.2 Å². The zero-order valence-corrected chi connectivity index (χ0v) is 19.6. The number of anilines is 2. The number of halogens is 2. The molecule has 0 saturated heterocycles. The lowest BCUT2D eigenvalue weighted by Crippen LogP contribution is -2.34. The molecule has 12 heteroatoms. The Bertz CT molecular complexity index is 1200. The number of benzene rings is 2. The number of nitro groups is 1. The minimum atomic E-state index is -0.646. The number of hydrogen-bond acceptors (Lipinski definition) is 8. The first-order chi connectivity index (χ1) is 15.5. The Labute approximate surface area is 196 Å². The van der Waals surface area contributed by atoms with Crippen molar-refractivity contribution < 1.29 is 23.6 Å². The molecule has 0 fully saturated rings. The van der Waals surface area contributed by atoms with Gasteiger partial charge < -0.3 is 20.1 Å². The Kier molecular flexibility index (Phi) is 7.26. The molecule has 3 aromatic rings. The van der Waals surface area contributed by atoms with Crippen molar-refractivity contribution >= 4 is 50.1 Å². The van der Waals surface area contributed by atoms with Gasteiger partial charge in [-0.2, -0.15) is 0 Å².